The molecule has 0 saturated heterocycles. The van der Waals surface area contributed by atoms with Crippen LogP contribution in [-0.2, 0) is 0 Å². The highest BCUT2D eigenvalue weighted by atomic mass is 16.6. The van der Waals surface area contributed by atoms with Crippen LogP contribution in [0.3, 0.4) is 0 Å². The third kappa shape index (κ3) is 4.70. The van der Waals surface area contributed by atoms with Gasteiger partial charge in [-0.25, -0.2) is 4.63 Å². The largest absolute Gasteiger partial charge is 0.378 e. The molecule has 1 aromatic carbocycles. The SMILES string of the molecule is CCCN(CCC)c1ccc(/C=N/N=C(\C)c2nnn(-c3nonc3N)c2C)cc1. The molecule has 0 amide bonds. The van der Waals surface area contributed by atoms with Gasteiger partial charge in [-0.1, -0.05) is 31.2 Å². The maximum absolute atomic E-state index is 5.72. The van der Waals surface area contributed by atoms with E-state index in [0.717, 1.165) is 31.5 Å². The number of anilines is 2. The van der Waals surface area contributed by atoms with Crippen LogP contribution in [0, 0.1) is 6.92 Å². The van der Waals surface area contributed by atoms with Gasteiger partial charge in [0.15, 0.2) is 0 Å². The molecule has 0 aliphatic carbocycles. The molecule has 0 aliphatic heterocycles. The molecule has 3 aromatic rings. The molecule has 158 valence electrons. The van der Waals surface area contributed by atoms with E-state index in [0.29, 0.717) is 22.9 Å². The third-order valence-corrected chi connectivity index (χ3v) is 4.59. The maximum Gasteiger partial charge on any atom is 0.243 e. The predicted molar refractivity (Wildman–Crippen MR) is 117 cm³/mol. The Balaban J connectivity index is 1.71. The molecule has 0 fully saturated rings. The van der Waals surface area contributed by atoms with Gasteiger partial charge in [-0.15, -0.1) is 5.10 Å². The van der Waals surface area contributed by atoms with Crippen LogP contribution >= 0.6 is 0 Å². The normalized spacial score (nSPS) is 12.1. The standard InChI is InChI=1S/C20H27N9O/c1-5-11-28(12-6-2)17-9-7-16(8-10-17)13-22-23-14(3)18-15(4)29(27-24-18)20-19(21)25-30-26-20/h7-10,13H,5-6,11-12H2,1-4H3,(H2,21,25)/b22-13+,23-14+. The van der Waals surface area contributed by atoms with Crippen LogP contribution < -0.4 is 10.6 Å². The highest BCUT2D eigenvalue weighted by molar-refractivity contribution is 5.98. The molecular weight excluding hydrogens is 382 g/mol. The van der Waals surface area contributed by atoms with Gasteiger partial charge in [-0.2, -0.15) is 14.9 Å². The number of aromatic nitrogens is 5. The maximum atomic E-state index is 5.72. The van der Waals surface area contributed by atoms with Gasteiger partial charge < -0.3 is 10.6 Å². The van der Waals surface area contributed by atoms with Crippen LogP contribution in [0.1, 0.15) is 50.6 Å². The second-order valence-corrected chi connectivity index (χ2v) is 6.92. The lowest BCUT2D eigenvalue weighted by Crippen LogP contribution is -2.24. The van der Waals surface area contributed by atoms with Gasteiger partial charge in [0.2, 0.25) is 11.6 Å². The Morgan fingerprint density at radius 3 is 2.47 bits per heavy atom. The van der Waals surface area contributed by atoms with E-state index < -0.39 is 0 Å². The first kappa shape index (κ1) is 21.2. The smallest absolute Gasteiger partial charge is 0.243 e. The van der Waals surface area contributed by atoms with Gasteiger partial charge in [0.1, 0.15) is 5.69 Å². The first-order valence-corrected chi connectivity index (χ1v) is 9.98. The van der Waals surface area contributed by atoms with Gasteiger partial charge >= 0.3 is 0 Å². The van der Waals surface area contributed by atoms with Crippen LogP contribution in [0.15, 0.2) is 39.1 Å². The van der Waals surface area contributed by atoms with Crippen molar-refractivity contribution in [3.63, 3.8) is 0 Å². The number of rotatable bonds is 9. The van der Waals surface area contributed by atoms with E-state index in [1.54, 1.807) is 6.21 Å². The number of nitrogen functional groups attached to an aromatic ring is 1. The van der Waals surface area contributed by atoms with E-state index in [4.69, 9.17) is 5.73 Å². The fraction of sp³-hybridized carbons (Fsp3) is 0.400. The quantitative estimate of drug-likeness (QED) is 0.425. The Morgan fingerprint density at radius 1 is 1.17 bits per heavy atom. The monoisotopic (exact) mass is 409 g/mol. The van der Waals surface area contributed by atoms with Crippen molar-refractivity contribution in [3.8, 4) is 5.82 Å². The van der Waals surface area contributed by atoms with Gasteiger partial charge in [-0.3, -0.25) is 0 Å². The van der Waals surface area contributed by atoms with Crippen LogP contribution in [0.2, 0.25) is 0 Å². The summed E-state index contributed by atoms with van der Waals surface area (Å²) < 4.78 is 6.08. The molecule has 0 bridgehead atoms. The lowest BCUT2D eigenvalue weighted by molar-refractivity contribution is 0.306. The molecule has 2 aromatic heterocycles. The highest BCUT2D eigenvalue weighted by Crippen LogP contribution is 2.17. The van der Waals surface area contributed by atoms with Crippen molar-refractivity contribution in [3.05, 3.63) is 41.2 Å². The molecule has 0 aliphatic rings. The summed E-state index contributed by atoms with van der Waals surface area (Å²) in [6.07, 6.45) is 3.97. The zero-order chi connectivity index (χ0) is 21.5. The molecule has 0 radical (unpaired) electrons. The summed E-state index contributed by atoms with van der Waals surface area (Å²) in [6.45, 7) is 10.2. The summed E-state index contributed by atoms with van der Waals surface area (Å²) in [4.78, 5) is 2.40. The molecule has 10 nitrogen and oxygen atoms in total. The van der Waals surface area contributed by atoms with E-state index in [9.17, 15) is 0 Å². The van der Waals surface area contributed by atoms with Crippen molar-refractivity contribution in [2.75, 3.05) is 23.7 Å². The minimum absolute atomic E-state index is 0.141. The zero-order valence-electron chi connectivity index (χ0n) is 17.8. The summed E-state index contributed by atoms with van der Waals surface area (Å²) in [5, 5.41) is 23.9. The highest BCUT2D eigenvalue weighted by Gasteiger charge is 2.17. The van der Waals surface area contributed by atoms with Crippen molar-refractivity contribution in [2.24, 2.45) is 10.2 Å². The minimum atomic E-state index is 0.141. The molecule has 2 N–H and O–H groups in total. The second-order valence-electron chi connectivity index (χ2n) is 6.92. The molecule has 0 unspecified atom stereocenters. The molecule has 0 spiro atoms. The van der Waals surface area contributed by atoms with Crippen molar-refractivity contribution < 1.29 is 4.63 Å². The van der Waals surface area contributed by atoms with E-state index in [1.165, 1.54) is 10.4 Å². The van der Waals surface area contributed by atoms with Crippen LogP contribution in [-0.4, -0.2) is 50.3 Å². The Hall–Kier alpha value is -3.56. The van der Waals surface area contributed by atoms with E-state index >= 15 is 0 Å². The molecule has 2 heterocycles. The lowest BCUT2D eigenvalue weighted by Gasteiger charge is -2.23. The van der Waals surface area contributed by atoms with E-state index in [1.807, 2.05) is 26.0 Å². The number of nitrogens with zero attached hydrogens (tertiary/aromatic N) is 8. The first-order valence-electron chi connectivity index (χ1n) is 9.98. The molecule has 0 atom stereocenters. The average molecular weight is 409 g/mol. The Kier molecular flexibility index (Phi) is 6.89. The van der Waals surface area contributed by atoms with E-state index in [2.05, 4.69) is 66.3 Å². The van der Waals surface area contributed by atoms with Gasteiger partial charge in [0.25, 0.3) is 0 Å². The zero-order valence-corrected chi connectivity index (χ0v) is 17.8. The van der Waals surface area contributed by atoms with Crippen molar-refractivity contribution in [1.29, 1.82) is 0 Å². The number of benzene rings is 1. The van der Waals surface area contributed by atoms with Crippen LogP contribution in [0.25, 0.3) is 5.82 Å². The molecule has 10 heteroatoms. The fourth-order valence-corrected chi connectivity index (χ4v) is 3.11. The van der Waals surface area contributed by atoms with Gasteiger partial charge in [-0.05, 0) is 54.7 Å². The lowest BCUT2D eigenvalue weighted by atomic mass is 10.2. The number of hydrogen-bond acceptors (Lipinski definition) is 9. The summed E-state index contributed by atoms with van der Waals surface area (Å²) >= 11 is 0. The van der Waals surface area contributed by atoms with Crippen LogP contribution in [0.4, 0.5) is 11.5 Å². The van der Waals surface area contributed by atoms with Gasteiger partial charge in [0, 0.05) is 18.8 Å². The number of hydrogen-bond donors (Lipinski definition) is 1. The van der Waals surface area contributed by atoms with Crippen LogP contribution in [0.5, 0.6) is 0 Å². The van der Waals surface area contributed by atoms with Gasteiger partial charge in [0.05, 0.1) is 17.6 Å². The second kappa shape index (κ2) is 9.77. The summed E-state index contributed by atoms with van der Waals surface area (Å²) in [5.41, 5.74) is 9.86. The molecule has 30 heavy (non-hydrogen) atoms. The van der Waals surface area contributed by atoms with Crippen molar-refractivity contribution in [1.82, 2.24) is 25.3 Å². The van der Waals surface area contributed by atoms with Crippen molar-refractivity contribution in [2.45, 2.75) is 40.5 Å². The Labute approximate surface area is 175 Å². The predicted octanol–water partition coefficient (Wildman–Crippen LogP) is 3.01. The molecule has 0 saturated carbocycles. The van der Waals surface area contributed by atoms with Crippen molar-refractivity contribution >= 4 is 23.4 Å². The minimum Gasteiger partial charge on any atom is -0.378 e. The summed E-state index contributed by atoms with van der Waals surface area (Å²) in [7, 11) is 0. The summed E-state index contributed by atoms with van der Waals surface area (Å²) in [5.74, 6) is 0.435. The molecular formula is C20H27N9O. The molecule has 3 rings (SSSR count). The average Bonchev–Trinajstić information content (AvgIpc) is 3.33. The first-order chi connectivity index (χ1) is 14.5. The Bertz CT molecular complexity index is 1010. The Morgan fingerprint density at radius 2 is 1.87 bits per heavy atom. The third-order valence-electron chi connectivity index (χ3n) is 4.59. The van der Waals surface area contributed by atoms with E-state index in [-0.39, 0.29) is 5.82 Å². The summed E-state index contributed by atoms with van der Waals surface area (Å²) in [6, 6.07) is 8.33. The fourth-order valence-electron chi connectivity index (χ4n) is 3.11. The number of nitrogens with two attached hydrogens (primary N) is 1. The topological polar surface area (TPSA) is 124 Å².